The highest BCUT2D eigenvalue weighted by atomic mass is 32.1. The maximum Gasteiger partial charge on any atom is 0.471 e. The molecule has 8 nitrogen and oxygen atoms in total. The molecule has 2 aromatic rings. The molecular formula is C30H42F3N5O3S. The van der Waals surface area contributed by atoms with Crippen LogP contribution in [0.2, 0.25) is 0 Å². The molecular weight excluding hydrogens is 567 g/mol. The molecule has 2 aromatic heterocycles. The molecule has 0 aliphatic carbocycles. The van der Waals surface area contributed by atoms with Gasteiger partial charge in [0.25, 0.3) is 0 Å². The first-order valence-electron chi connectivity index (χ1n) is 13.6. The number of thiophene rings is 1. The summed E-state index contributed by atoms with van der Waals surface area (Å²) in [4.78, 5) is 38.3. The third-order valence-corrected chi connectivity index (χ3v) is 6.80. The van der Waals surface area contributed by atoms with Gasteiger partial charge >= 0.3 is 12.1 Å². The van der Waals surface area contributed by atoms with Crippen molar-refractivity contribution in [3.05, 3.63) is 28.9 Å². The first-order chi connectivity index (χ1) is 19.6. The second-order valence-corrected chi connectivity index (χ2v) is 11.5. The summed E-state index contributed by atoms with van der Waals surface area (Å²) < 4.78 is 36.7. The molecule has 1 aliphatic rings. The first kappa shape index (κ1) is 38.4. The highest BCUT2D eigenvalue weighted by Crippen LogP contribution is 2.34. The largest absolute Gasteiger partial charge is 0.471 e. The number of hydrogen-bond donors (Lipinski definition) is 2. The van der Waals surface area contributed by atoms with E-state index in [2.05, 4.69) is 42.9 Å². The minimum atomic E-state index is -4.95. The van der Waals surface area contributed by atoms with Crippen LogP contribution < -0.4 is 10.6 Å². The van der Waals surface area contributed by atoms with Crippen LogP contribution in [0.25, 0.3) is 10.1 Å². The molecule has 0 radical (unpaired) electrons. The molecule has 3 heterocycles. The van der Waals surface area contributed by atoms with Gasteiger partial charge in [-0.15, -0.1) is 17.3 Å². The number of nitrogens with one attached hydrogen (secondary N) is 2. The summed E-state index contributed by atoms with van der Waals surface area (Å²) in [5.41, 5.74) is 1.49. The molecule has 3 amide bonds. The number of alkyl halides is 3. The predicted molar refractivity (Wildman–Crippen MR) is 160 cm³/mol. The number of nitriles is 1. The Hall–Kier alpha value is -3.64. The Labute approximate surface area is 251 Å². The van der Waals surface area contributed by atoms with Crippen molar-refractivity contribution < 1.29 is 27.6 Å². The first-order valence-corrected chi connectivity index (χ1v) is 14.5. The third kappa shape index (κ3) is 12.1. The summed E-state index contributed by atoms with van der Waals surface area (Å²) in [6.45, 7) is 18.6. The second kappa shape index (κ2) is 18.0. The summed E-state index contributed by atoms with van der Waals surface area (Å²) in [6, 6.07) is 1.34. The minimum absolute atomic E-state index is 0.0519. The Morgan fingerprint density at radius 2 is 1.86 bits per heavy atom. The van der Waals surface area contributed by atoms with Crippen LogP contribution in [0.1, 0.15) is 79.5 Å². The normalized spacial score (nSPS) is 15.6. The Morgan fingerprint density at radius 3 is 2.31 bits per heavy atom. The molecule has 3 rings (SSSR count). The number of carbonyl (C=O) groups is 3. The Morgan fingerprint density at radius 1 is 1.26 bits per heavy atom. The molecule has 1 aliphatic heterocycles. The van der Waals surface area contributed by atoms with Crippen molar-refractivity contribution in [2.24, 2.45) is 17.3 Å². The quantitative estimate of drug-likeness (QED) is 0.327. The van der Waals surface area contributed by atoms with Crippen LogP contribution >= 0.6 is 11.3 Å². The zero-order valence-electron chi connectivity index (χ0n) is 25.8. The number of aromatic nitrogens is 1. The van der Waals surface area contributed by atoms with Gasteiger partial charge in [-0.25, -0.2) is 0 Å². The average molecular weight is 610 g/mol. The van der Waals surface area contributed by atoms with Crippen molar-refractivity contribution in [3.8, 4) is 17.9 Å². The van der Waals surface area contributed by atoms with E-state index in [9.17, 15) is 27.6 Å². The lowest BCUT2D eigenvalue weighted by atomic mass is 9.84. The zero-order chi connectivity index (χ0) is 32.7. The van der Waals surface area contributed by atoms with Gasteiger partial charge < -0.3 is 15.5 Å². The fraction of sp³-hybridized carbons (Fsp3) is 0.567. The third-order valence-electron chi connectivity index (χ3n) is 5.89. The van der Waals surface area contributed by atoms with Crippen LogP contribution in [-0.2, 0) is 14.4 Å². The van der Waals surface area contributed by atoms with Crippen molar-refractivity contribution in [2.75, 3.05) is 19.6 Å². The molecule has 0 saturated carbocycles. The number of fused-ring (bicyclic) bond motifs is 1. The van der Waals surface area contributed by atoms with E-state index >= 15 is 0 Å². The topological polar surface area (TPSA) is 115 Å². The number of rotatable bonds is 5. The number of carbonyl (C=O) groups excluding carboxylic acids is 3. The molecule has 1 saturated heterocycles. The highest BCUT2D eigenvalue weighted by Gasteiger charge is 2.41. The van der Waals surface area contributed by atoms with Crippen molar-refractivity contribution in [1.82, 2.24) is 20.5 Å². The van der Waals surface area contributed by atoms with Gasteiger partial charge in [-0.05, 0) is 24.2 Å². The minimum Gasteiger partial charge on any atom is -0.340 e. The number of amides is 3. The molecule has 0 spiro atoms. The molecule has 2 unspecified atom stereocenters. The lowest BCUT2D eigenvalue weighted by molar-refractivity contribution is -0.174. The van der Waals surface area contributed by atoms with Crippen molar-refractivity contribution in [1.29, 1.82) is 5.26 Å². The molecule has 12 heteroatoms. The van der Waals surface area contributed by atoms with Crippen LogP contribution in [0.5, 0.6) is 0 Å². The van der Waals surface area contributed by atoms with Gasteiger partial charge in [0, 0.05) is 47.4 Å². The van der Waals surface area contributed by atoms with Crippen molar-refractivity contribution in [3.63, 3.8) is 0 Å². The maximum atomic E-state index is 11.9. The summed E-state index contributed by atoms with van der Waals surface area (Å²) in [5, 5.41) is 16.0. The fourth-order valence-electron chi connectivity index (χ4n) is 3.57. The number of nitrogens with zero attached hydrogens (tertiary/aromatic N) is 3. The van der Waals surface area contributed by atoms with E-state index in [1.807, 2.05) is 46.1 Å². The van der Waals surface area contributed by atoms with Gasteiger partial charge in [-0.2, -0.15) is 18.4 Å². The standard InChI is InChI=1S/C13H9N3OS.C11H17F3N2O2.C4H10.C2H6/c1-2-3-9-7-18-12-6-15-5-10(13(9)12)11(4-14)16-8-17;1-7-5-16(6-10(7,2)3)8(17)4-15-9(18)11(12,13)14;1-4(2)3;1-2/h5-8,11H,1H3,(H,16,17);7H,4-6H2,1-3H3,(H,15,18);4H,1-3H3;1-2H3. The van der Waals surface area contributed by atoms with E-state index in [-0.39, 0.29) is 11.3 Å². The van der Waals surface area contributed by atoms with Crippen LogP contribution in [0.15, 0.2) is 17.8 Å². The predicted octanol–water partition coefficient (Wildman–Crippen LogP) is 5.84. The van der Waals surface area contributed by atoms with E-state index in [1.165, 1.54) is 16.2 Å². The molecule has 1 fully saturated rings. The van der Waals surface area contributed by atoms with Crippen LogP contribution in [-0.4, -0.2) is 53.9 Å². The second-order valence-electron chi connectivity index (χ2n) is 10.5. The van der Waals surface area contributed by atoms with Crippen LogP contribution in [0.4, 0.5) is 13.2 Å². The van der Waals surface area contributed by atoms with Gasteiger partial charge in [0.05, 0.1) is 17.3 Å². The van der Waals surface area contributed by atoms with Gasteiger partial charge in [0.1, 0.15) is 6.04 Å². The number of pyridine rings is 1. The number of hydrogen-bond acceptors (Lipinski definition) is 6. The van der Waals surface area contributed by atoms with Gasteiger partial charge in [0.15, 0.2) is 0 Å². The van der Waals surface area contributed by atoms with E-state index in [0.717, 1.165) is 21.6 Å². The SMILES string of the molecule is CC.CC#Cc1csc2cncc(C(C#N)NC=O)c12.CC(C)C.CC1CN(C(=O)CNC(=O)C(F)(F)F)CC1(C)C. The number of halogens is 3. The molecule has 0 aromatic carbocycles. The Balaban J connectivity index is 0.000000675. The summed E-state index contributed by atoms with van der Waals surface area (Å²) >= 11 is 1.52. The van der Waals surface area contributed by atoms with E-state index in [0.29, 0.717) is 25.1 Å². The average Bonchev–Trinajstić information content (AvgIpc) is 3.45. The van der Waals surface area contributed by atoms with Crippen LogP contribution in [0.3, 0.4) is 0 Å². The highest BCUT2D eigenvalue weighted by molar-refractivity contribution is 7.17. The molecule has 2 N–H and O–H groups in total. The van der Waals surface area contributed by atoms with Gasteiger partial charge in [-0.1, -0.05) is 61.3 Å². The summed E-state index contributed by atoms with van der Waals surface area (Å²) in [7, 11) is 0. The lowest BCUT2D eigenvalue weighted by Gasteiger charge is -2.22. The van der Waals surface area contributed by atoms with Crippen molar-refractivity contribution in [2.45, 2.75) is 74.5 Å². The van der Waals surface area contributed by atoms with E-state index in [4.69, 9.17) is 5.26 Å². The van der Waals surface area contributed by atoms with E-state index in [1.54, 1.807) is 24.6 Å². The Bertz CT molecular complexity index is 1270. The van der Waals surface area contributed by atoms with Gasteiger partial charge in [0.2, 0.25) is 12.3 Å². The summed E-state index contributed by atoms with van der Waals surface area (Å²) in [5.74, 6) is 4.39. The summed E-state index contributed by atoms with van der Waals surface area (Å²) in [6.07, 6.45) is -1.10. The van der Waals surface area contributed by atoms with E-state index < -0.39 is 30.6 Å². The zero-order valence-corrected chi connectivity index (χ0v) is 26.6. The monoisotopic (exact) mass is 609 g/mol. The molecule has 2 atom stereocenters. The smallest absolute Gasteiger partial charge is 0.340 e. The number of likely N-dealkylation sites (tertiary alicyclic amines) is 1. The molecule has 232 valence electrons. The molecule has 0 bridgehead atoms. The maximum absolute atomic E-state index is 11.9. The Kier molecular flexibility index (Phi) is 16.5. The lowest BCUT2D eigenvalue weighted by Crippen LogP contribution is -2.44. The van der Waals surface area contributed by atoms with Crippen LogP contribution in [0, 0.1) is 40.4 Å². The van der Waals surface area contributed by atoms with Crippen molar-refractivity contribution >= 4 is 39.6 Å². The molecule has 42 heavy (non-hydrogen) atoms. The fourth-order valence-corrected chi connectivity index (χ4v) is 4.46. The van der Waals surface area contributed by atoms with Gasteiger partial charge in [-0.3, -0.25) is 19.4 Å².